The third kappa shape index (κ3) is 3.29. The van der Waals surface area contributed by atoms with Gasteiger partial charge in [-0.25, -0.2) is 24.1 Å². The average Bonchev–Trinajstić information content (AvgIpc) is 3.16. The number of benzene rings is 2. The van der Waals surface area contributed by atoms with Crippen molar-refractivity contribution in [3.63, 3.8) is 0 Å². The molecule has 2 aromatic carbocycles. The van der Waals surface area contributed by atoms with Crippen molar-refractivity contribution in [3.8, 4) is 0 Å². The fraction of sp³-hybridized carbons (Fsp3) is 0.160. The molecule has 5 aromatic rings. The number of aryl methyl sites for hydroxylation is 2. The monoisotopic (exact) mass is 455 g/mol. The minimum Gasteiger partial charge on any atom is -0.479 e. The molecule has 0 radical (unpaired) electrons. The summed E-state index contributed by atoms with van der Waals surface area (Å²) >= 11 is 0. The number of fused-ring (bicyclic) bond motifs is 2. The second-order valence-electron chi connectivity index (χ2n) is 8.19. The first-order valence-electron chi connectivity index (χ1n) is 10.6. The van der Waals surface area contributed by atoms with Crippen LogP contribution < -0.4 is 11.2 Å². The number of aliphatic carboxylic acids is 1. The maximum Gasteiger partial charge on any atom is 0.334 e. The molecule has 170 valence electrons. The highest BCUT2D eigenvalue weighted by Crippen LogP contribution is 2.25. The zero-order valence-electron chi connectivity index (χ0n) is 18.5. The van der Waals surface area contributed by atoms with Crippen LogP contribution >= 0.6 is 0 Å². The Bertz CT molecular complexity index is 1680. The first-order chi connectivity index (χ1) is 16.4. The van der Waals surface area contributed by atoms with Gasteiger partial charge in [0.2, 0.25) is 0 Å². The highest BCUT2D eigenvalue weighted by molar-refractivity contribution is 5.87. The molecule has 1 atom stereocenters. The first kappa shape index (κ1) is 21.3. The predicted octanol–water partition coefficient (Wildman–Crippen LogP) is 2.48. The summed E-state index contributed by atoms with van der Waals surface area (Å²) in [5, 5.41) is 11.1. The van der Waals surface area contributed by atoms with E-state index < -0.39 is 23.3 Å². The van der Waals surface area contributed by atoms with E-state index >= 15 is 0 Å². The number of nitrogens with zero attached hydrogens (tertiary/aromatic N) is 5. The standard InChI is InChI=1S/C25H21N5O4/c1-15-7-6-10-19-20(15)17(12-28(19)2)13-29-22-18(11-26-14-27-22)23(31)30(25(29)34)21(24(32)33)16-8-4-3-5-9-16/h3-12,14,21H,13H2,1-2H3,(H,32,33)/t21-/m0/s1. The number of hydrogen-bond donors (Lipinski definition) is 1. The van der Waals surface area contributed by atoms with Gasteiger partial charge in [-0.1, -0.05) is 42.5 Å². The molecule has 0 aliphatic heterocycles. The van der Waals surface area contributed by atoms with E-state index in [0.717, 1.165) is 26.6 Å². The molecule has 0 amide bonds. The van der Waals surface area contributed by atoms with Gasteiger partial charge in [-0.3, -0.25) is 9.36 Å². The fourth-order valence-corrected chi connectivity index (χ4v) is 4.56. The van der Waals surface area contributed by atoms with Crippen molar-refractivity contribution in [1.82, 2.24) is 23.7 Å². The Morgan fingerprint density at radius 3 is 2.59 bits per heavy atom. The van der Waals surface area contributed by atoms with Gasteiger partial charge in [0, 0.05) is 30.3 Å². The van der Waals surface area contributed by atoms with Crippen LogP contribution in [0.5, 0.6) is 0 Å². The second kappa shape index (κ2) is 8.11. The van der Waals surface area contributed by atoms with Crippen molar-refractivity contribution in [2.75, 3.05) is 0 Å². The summed E-state index contributed by atoms with van der Waals surface area (Å²) in [7, 11) is 1.92. The van der Waals surface area contributed by atoms with Gasteiger partial charge in [-0.05, 0) is 29.7 Å². The Morgan fingerprint density at radius 2 is 1.85 bits per heavy atom. The quantitative estimate of drug-likeness (QED) is 0.436. The number of rotatable bonds is 5. The van der Waals surface area contributed by atoms with Gasteiger partial charge in [0.05, 0.1) is 6.54 Å². The van der Waals surface area contributed by atoms with Gasteiger partial charge in [-0.2, -0.15) is 0 Å². The van der Waals surface area contributed by atoms with E-state index in [1.54, 1.807) is 30.3 Å². The lowest BCUT2D eigenvalue weighted by Gasteiger charge is -2.18. The average molecular weight is 455 g/mol. The molecule has 0 bridgehead atoms. The highest BCUT2D eigenvalue weighted by Gasteiger charge is 2.28. The third-order valence-electron chi connectivity index (χ3n) is 6.07. The molecule has 0 unspecified atom stereocenters. The van der Waals surface area contributed by atoms with Crippen LogP contribution in [0.4, 0.5) is 0 Å². The van der Waals surface area contributed by atoms with E-state index in [-0.39, 0.29) is 17.6 Å². The smallest absolute Gasteiger partial charge is 0.334 e. The molecule has 0 fully saturated rings. The van der Waals surface area contributed by atoms with Crippen LogP contribution in [-0.2, 0) is 18.4 Å². The highest BCUT2D eigenvalue weighted by atomic mass is 16.4. The minimum absolute atomic E-state index is 0.0706. The van der Waals surface area contributed by atoms with Crippen LogP contribution in [-0.4, -0.2) is 34.7 Å². The number of aromatic nitrogens is 5. The summed E-state index contributed by atoms with van der Waals surface area (Å²) in [5.74, 6) is -1.31. The molecule has 5 rings (SSSR count). The maximum absolute atomic E-state index is 13.8. The third-order valence-corrected chi connectivity index (χ3v) is 6.07. The van der Waals surface area contributed by atoms with Crippen molar-refractivity contribution in [3.05, 3.63) is 105 Å². The summed E-state index contributed by atoms with van der Waals surface area (Å²) in [6.45, 7) is 2.10. The lowest BCUT2D eigenvalue weighted by atomic mass is 10.1. The Labute approximate surface area is 193 Å². The van der Waals surface area contributed by atoms with E-state index in [0.29, 0.717) is 5.56 Å². The Morgan fingerprint density at radius 1 is 1.09 bits per heavy atom. The molecule has 3 aromatic heterocycles. The minimum atomic E-state index is -1.49. The molecule has 9 nitrogen and oxygen atoms in total. The molecule has 9 heteroatoms. The molecule has 1 N–H and O–H groups in total. The zero-order valence-corrected chi connectivity index (χ0v) is 18.5. The van der Waals surface area contributed by atoms with E-state index in [9.17, 15) is 19.5 Å². The van der Waals surface area contributed by atoms with Crippen molar-refractivity contribution < 1.29 is 9.90 Å². The lowest BCUT2D eigenvalue weighted by molar-refractivity contribution is -0.139. The zero-order chi connectivity index (χ0) is 24.0. The molecule has 34 heavy (non-hydrogen) atoms. The Balaban J connectivity index is 1.82. The molecule has 3 heterocycles. The summed E-state index contributed by atoms with van der Waals surface area (Å²) in [6, 6.07) is 12.7. The van der Waals surface area contributed by atoms with Crippen LogP contribution in [0.15, 0.2) is 76.8 Å². The number of carboxylic acid groups (broad SMARTS) is 1. The fourth-order valence-electron chi connectivity index (χ4n) is 4.56. The van der Waals surface area contributed by atoms with E-state index in [2.05, 4.69) is 9.97 Å². The van der Waals surface area contributed by atoms with E-state index in [4.69, 9.17) is 0 Å². The van der Waals surface area contributed by atoms with Crippen LogP contribution in [0.1, 0.15) is 22.7 Å². The summed E-state index contributed by atoms with van der Waals surface area (Å²) in [5.41, 5.74) is 1.88. The van der Waals surface area contributed by atoms with Crippen LogP contribution in [0.25, 0.3) is 21.9 Å². The van der Waals surface area contributed by atoms with Crippen molar-refractivity contribution in [2.45, 2.75) is 19.5 Å². The van der Waals surface area contributed by atoms with Crippen molar-refractivity contribution in [2.24, 2.45) is 7.05 Å². The number of hydrogen-bond acceptors (Lipinski definition) is 5. The van der Waals surface area contributed by atoms with Crippen LogP contribution in [0.3, 0.4) is 0 Å². The molecular weight excluding hydrogens is 434 g/mol. The van der Waals surface area contributed by atoms with E-state index in [1.165, 1.54) is 17.1 Å². The maximum atomic E-state index is 13.8. The predicted molar refractivity (Wildman–Crippen MR) is 127 cm³/mol. The SMILES string of the molecule is Cc1cccc2c1c(Cn1c(=O)n([C@H](C(=O)O)c3ccccc3)c(=O)c3cncnc31)cn2C. The molecule has 0 saturated heterocycles. The molecule has 0 aliphatic carbocycles. The van der Waals surface area contributed by atoms with Gasteiger partial charge < -0.3 is 9.67 Å². The first-order valence-corrected chi connectivity index (χ1v) is 10.6. The largest absolute Gasteiger partial charge is 0.479 e. The van der Waals surface area contributed by atoms with Crippen molar-refractivity contribution in [1.29, 1.82) is 0 Å². The van der Waals surface area contributed by atoms with Gasteiger partial charge >= 0.3 is 11.7 Å². The summed E-state index contributed by atoms with van der Waals surface area (Å²) < 4.78 is 4.10. The number of carboxylic acids is 1. The normalized spacial score (nSPS) is 12.3. The van der Waals surface area contributed by atoms with Gasteiger partial charge in [0.25, 0.3) is 5.56 Å². The van der Waals surface area contributed by atoms with E-state index in [1.807, 2.05) is 42.9 Å². The van der Waals surface area contributed by atoms with Crippen LogP contribution in [0, 0.1) is 6.92 Å². The Kier molecular flexibility index (Phi) is 5.09. The number of carbonyl (C=O) groups is 1. The van der Waals surface area contributed by atoms with Gasteiger partial charge in [-0.15, -0.1) is 0 Å². The molecule has 0 spiro atoms. The summed E-state index contributed by atoms with van der Waals surface area (Å²) in [6.07, 6.45) is 4.51. The topological polar surface area (TPSA) is 112 Å². The van der Waals surface area contributed by atoms with Gasteiger partial charge in [0.15, 0.2) is 11.7 Å². The second-order valence-corrected chi connectivity index (χ2v) is 8.19. The molecular formula is C25H21N5O4. The van der Waals surface area contributed by atoms with Crippen LogP contribution in [0.2, 0.25) is 0 Å². The van der Waals surface area contributed by atoms with Crippen molar-refractivity contribution >= 4 is 27.9 Å². The Hall–Kier alpha value is -4.53. The molecule has 0 saturated carbocycles. The summed E-state index contributed by atoms with van der Waals surface area (Å²) in [4.78, 5) is 47.5. The van der Waals surface area contributed by atoms with Gasteiger partial charge in [0.1, 0.15) is 11.7 Å². The lowest BCUT2D eigenvalue weighted by Crippen LogP contribution is -2.45. The molecule has 0 aliphatic rings.